The molecular weight excluding hydrogens is 278 g/mol. The predicted molar refractivity (Wildman–Crippen MR) is 83.6 cm³/mol. The molecule has 0 saturated carbocycles. The Hall–Kier alpha value is -2.14. The van der Waals surface area contributed by atoms with E-state index in [9.17, 15) is 9.90 Å². The standard InChI is InChI=1S/C17H21N3O2/c1-3-15-13(10-20(2)19-15)16(21)18-11-17(22)9-8-12-6-4-5-7-14(12)17/h4-7,10,22H,3,8-9,11H2,1-2H3,(H,18,21). The smallest absolute Gasteiger partial charge is 0.254 e. The lowest BCUT2D eigenvalue weighted by Gasteiger charge is -2.24. The van der Waals surface area contributed by atoms with Crippen molar-refractivity contribution in [3.8, 4) is 0 Å². The maximum Gasteiger partial charge on any atom is 0.254 e. The molecule has 1 atom stereocenters. The van der Waals surface area contributed by atoms with Crippen molar-refractivity contribution in [1.29, 1.82) is 0 Å². The third-order valence-electron chi connectivity index (χ3n) is 4.35. The Morgan fingerprint density at radius 1 is 1.45 bits per heavy atom. The molecule has 1 aliphatic carbocycles. The van der Waals surface area contributed by atoms with E-state index in [1.165, 1.54) is 0 Å². The summed E-state index contributed by atoms with van der Waals surface area (Å²) in [6, 6.07) is 7.88. The van der Waals surface area contributed by atoms with Crippen molar-refractivity contribution in [1.82, 2.24) is 15.1 Å². The molecule has 5 nitrogen and oxygen atoms in total. The van der Waals surface area contributed by atoms with Crippen molar-refractivity contribution < 1.29 is 9.90 Å². The number of hydrogen-bond donors (Lipinski definition) is 2. The Balaban J connectivity index is 1.74. The number of carbonyl (C=O) groups excluding carboxylic acids is 1. The zero-order chi connectivity index (χ0) is 15.7. The maximum atomic E-state index is 12.4. The second-order valence-corrected chi connectivity index (χ2v) is 5.89. The number of nitrogens with one attached hydrogen (secondary N) is 1. The van der Waals surface area contributed by atoms with E-state index >= 15 is 0 Å². The molecule has 5 heteroatoms. The van der Waals surface area contributed by atoms with Gasteiger partial charge in [0.15, 0.2) is 0 Å². The van der Waals surface area contributed by atoms with E-state index in [4.69, 9.17) is 0 Å². The van der Waals surface area contributed by atoms with Crippen molar-refractivity contribution in [3.63, 3.8) is 0 Å². The van der Waals surface area contributed by atoms with Crippen molar-refractivity contribution in [3.05, 3.63) is 52.8 Å². The quantitative estimate of drug-likeness (QED) is 0.900. The number of nitrogens with zero attached hydrogens (tertiary/aromatic N) is 2. The molecule has 0 spiro atoms. The van der Waals surface area contributed by atoms with Crippen LogP contribution >= 0.6 is 0 Å². The van der Waals surface area contributed by atoms with Gasteiger partial charge in [-0.2, -0.15) is 5.10 Å². The van der Waals surface area contributed by atoms with Gasteiger partial charge in [0.05, 0.1) is 17.8 Å². The summed E-state index contributed by atoms with van der Waals surface area (Å²) in [5.74, 6) is -0.178. The van der Waals surface area contributed by atoms with E-state index in [1.54, 1.807) is 17.9 Å². The number of aromatic nitrogens is 2. The SMILES string of the molecule is CCc1nn(C)cc1C(=O)NCC1(O)CCc2ccccc21. The second kappa shape index (κ2) is 5.57. The first-order valence-electron chi connectivity index (χ1n) is 7.65. The van der Waals surface area contributed by atoms with E-state index in [0.29, 0.717) is 18.4 Å². The van der Waals surface area contributed by atoms with E-state index < -0.39 is 5.60 Å². The van der Waals surface area contributed by atoms with Gasteiger partial charge >= 0.3 is 0 Å². The highest BCUT2D eigenvalue weighted by Crippen LogP contribution is 2.36. The monoisotopic (exact) mass is 299 g/mol. The summed E-state index contributed by atoms with van der Waals surface area (Å²) in [4.78, 5) is 12.4. The lowest BCUT2D eigenvalue weighted by atomic mass is 9.96. The average molecular weight is 299 g/mol. The first-order chi connectivity index (χ1) is 10.5. The fourth-order valence-electron chi connectivity index (χ4n) is 3.16. The van der Waals surface area contributed by atoms with E-state index in [2.05, 4.69) is 10.4 Å². The van der Waals surface area contributed by atoms with Gasteiger partial charge in [0.2, 0.25) is 0 Å². The topological polar surface area (TPSA) is 67.2 Å². The summed E-state index contributed by atoms with van der Waals surface area (Å²) in [5, 5.41) is 18.0. The van der Waals surface area contributed by atoms with Crippen LogP contribution in [0.5, 0.6) is 0 Å². The Kier molecular flexibility index (Phi) is 3.74. The summed E-state index contributed by atoms with van der Waals surface area (Å²) >= 11 is 0. The van der Waals surface area contributed by atoms with Crippen LogP contribution in [0.4, 0.5) is 0 Å². The molecule has 0 fully saturated rings. The van der Waals surface area contributed by atoms with Gasteiger partial charge in [0.1, 0.15) is 5.60 Å². The fourth-order valence-corrected chi connectivity index (χ4v) is 3.16. The highest BCUT2D eigenvalue weighted by Gasteiger charge is 2.36. The van der Waals surface area contributed by atoms with E-state index in [0.717, 1.165) is 23.2 Å². The number of hydrogen-bond acceptors (Lipinski definition) is 3. The summed E-state index contributed by atoms with van der Waals surface area (Å²) in [5.41, 5.74) is 2.48. The summed E-state index contributed by atoms with van der Waals surface area (Å²) < 4.78 is 1.65. The summed E-state index contributed by atoms with van der Waals surface area (Å²) in [6.45, 7) is 2.20. The Morgan fingerprint density at radius 2 is 2.23 bits per heavy atom. The lowest BCUT2D eigenvalue weighted by molar-refractivity contribution is 0.0369. The first-order valence-corrected chi connectivity index (χ1v) is 7.65. The first kappa shape index (κ1) is 14.8. The molecule has 22 heavy (non-hydrogen) atoms. The highest BCUT2D eigenvalue weighted by molar-refractivity contribution is 5.95. The van der Waals surface area contributed by atoms with Crippen LogP contribution in [0.25, 0.3) is 0 Å². The van der Waals surface area contributed by atoms with Gasteiger partial charge in [0.25, 0.3) is 5.91 Å². The van der Waals surface area contributed by atoms with Gasteiger partial charge < -0.3 is 10.4 Å². The Labute approximate surface area is 130 Å². The van der Waals surface area contributed by atoms with Crippen molar-refractivity contribution in [2.45, 2.75) is 31.8 Å². The Bertz CT molecular complexity index is 708. The van der Waals surface area contributed by atoms with Crippen LogP contribution < -0.4 is 5.32 Å². The lowest BCUT2D eigenvalue weighted by Crippen LogP contribution is -2.39. The Morgan fingerprint density at radius 3 is 3.00 bits per heavy atom. The minimum absolute atomic E-state index is 0.178. The maximum absolute atomic E-state index is 12.4. The predicted octanol–water partition coefficient (Wildman–Crippen LogP) is 1.55. The number of amides is 1. The number of rotatable bonds is 4. The molecule has 1 aliphatic rings. The molecule has 0 saturated heterocycles. The number of aliphatic hydroxyl groups is 1. The van der Waals surface area contributed by atoms with Crippen LogP contribution in [-0.2, 0) is 25.5 Å². The molecule has 2 N–H and O–H groups in total. The molecule has 3 rings (SSSR count). The van der Waals surface area contributed by atoms with E-state index in [-0.39, 0.29) is 12.5 Å². The molecule has 1 aromatic heterocycles. The van der Waals surface area contributed by atoms with Crippen LogP contribution in [-0.4, -0.2) is 27.3 Å². The largest absolute Gasteiger partial charge is 0.383 e. The van der Waals surface area contributed by atoms with Gasteiger partial charge in [-0.15, -0.1) is 0 Å². The summed E-state index contributed by atoms with van der Waals surface area (Å²) in [7, 11) is 1.80. The van der Waals surface area contributed by atoms with Crippen LogP contribution in [0.15, 0.2) is 30.5 Å². The fraction of sp³-hybridized carbons (Fsp3) is 0.412. The number of aryl methyl sites for hydroxylation is 3. The minimum atomic E-state index is -0.971. The van der Waals surface area contributed by atoms with Gasteiger partial charge in [-0.1, -0.05) is 31.2 Å². The van der Waals surface area contributed by atoms with Crippen molar-refractivity contribution in [2.24, 2.45) is 7.05 Å². The highest BCUT2D eigenvalue weighted by atomic mass is 16.3. The minimum Gasteiger partial charge on any atom is -0.383 e. The number of fused-ring (bicyclic) bond motifs is 1. The van der Waals surface area contributed by atoms with Crippen LogP contribution in [0.3, 0.4) is 0 Å². The molecule has 0 bridgehead atoms. The molecule has 0 radical (unpaired) electrons. The third kappa shape index (κ3) is 2.52. The van der Waals surface area contributed by atoms with Crippen molar-refractivity contribution >= 4 is 5.91 Å². The number of carbonyl (C=O) groups is 1. The van der Waals surface area contributed by atoms with Crippen molar-refractivity contribution in [2.75, 3.05) is 6.54 Å². The van der Waals surface area contributed by atoms with Gasteiger partial charge in [0, 0.05) is 13.2 Å². The average Bonchev–Trinajstić information content (AvgIpc) is 3.07. The second-order valence-electron chi connectivity index (χ2n) is 5.89. The molecule has 116 valence electrons. The zero-order valence-corrected chi connectivity index (χ0v) is 13.0. The normalized spacial score (nSPS) is 20.0. The molecule has 1 aromatic carbocycles. The van der Waals surface area contributed by atoms with Gasteiger partial charge in [-0.25, -0.2) is 0 Å². The molecule has 1 heterocycles. The molecule has 2 aromatic rings. The summed E-state index contributed by atoms with van der Waals surface area (Å²) in [6.07, 6.45) is 3.91. The molecule has 0 aliphatic heterocycles. The van der Waals surface area contributed by atoms with Gasteiger partial charge in [-0.05, 0) is 30.4 Å². The van der Waals surface area contributed by atoms with Crippen LogP contribution in [0.2, 0.25) is 0 Å². The zero-order valence-electron chi connectivity index (χ0n) is 13.0. The third-order valence-corrected chi connectivity index (χ3v) is 4.35. The van der Waals surface area contributed by atoms with Crippen LogP contribution in [0.1, 0.15) is 40.5 Å². The van der Waals surface area contributed by atoms with Crippen LogP contribution in [0, 0.1) is 0 Å². The van der Waals surface area contributed by atoms with Gasteiger partial charge in [-0.3, -0.25) is 9.48 Å². The molecular formula is C17H21N3O2. The molecule has 1 amide bonds. The molecule has 1 unspecified atom stereocenters. The number of benzene rings is 1. The van der Waals surface area contributed by atoms with E-state index in [1.807, 2.05) is 31.2 Å².